The second kappa shape index (κ2) is 3.69. The molecule has 5 heteroatoms. The van der Waals surface area contributed by atoms with E-state index >= 15 is 0 Å². The first kappa shape index (κ1) is 10.6. The Bertz CT molecular complexity index is 414. The fourth-order valence-electron chi connectivity index (χ4n) is 0.855. The van der Waals surface area contributed by atoms with Crippen molar-refractivity contribution in [3.63, 3.8) is 0 Å². The Morgan fingerprint density at radius 3 is 2.69 bits per heavy atom. The number of ether oxygens (including phenoxy) is 1. The highest BCUT2D eigenvalue weighted by atomic mass is 79.9. The van der Waals surface area contributed by atoms with E-state index in [0.29, 0.717) is 10.6 Å². The Hall–Kier alpha value is -0.520. The van der Waals surface area contributed by atoms with Gasteiger partial charge in [0, 0.05) is 4.90 Å². The zero-order chi connectivity index (χ0) is 10.1. The maximum Gasteiger partial charge on any atom is 0.134 e. The smallest absolute Gasteiger partial charge is 0.134 e. The molecule has 72 valence electrons. The topological polar surface area (TPSA) is 52.3 Å². The van der Waals surface area contributed by atoms with Gasteiger partial charge in [0.25, 0.3) is 0 Å². The van der Waals surface area contributed by atoms with Crippen LogP contribution in [0.4, 0.5) is 0 Å². The zero-order valence-electron chi connectivity index (χ0n) is 7.12. The normalized spacial score (nSPS) is 15.0. The van der Waals surface area contributed by atoms with Crippen molar-refractivity contribution in [2.45, 2.75) is 4.90 Å². The minimum Gasteiger partial charge on any atom is -0.496 e. The SMILES string of the molecule is C=S(N)(=O)c1ccc(Br)c(OC)c1. The van der Waals surface area contributed by atoms with Crippen LogP contribution in [0.1, 0.15) is 0 Å². The van der Waals surface area contributed by atoms with Crippen LogP contribution in [0.25, 0.3) is 0 Å². The second-order valence-electron chi connectivity index (χ2n) is 2.52. The highest BCUT2D eigenvalue weighted by molar-refractivity contribution is 9.10. The van der Waals surface area contributed by atoms with Crippen molar-refractivity contribution in [1.82, 2.24) is 0 Å². The summed E-state index contributed by atoms with van der Waals surface area (Å²) in [6.07, 6.45) is 0. The van der Waals surface area contributed by atoms with Crippen molar-refractivity contribution in [1.29, 1.82) is 0 Å². The molecule has 1 aromatic carbocycles. The van der Waals surface area contributed by atoms with E-state index in [1.165, 1.54) is 7.11 Å². The molecule has 0 fully saturated rings. The number of rotatable bonds is 2. The average Bonchev–Trinajstić information content (AvgIpc) is 2.03. The average molecular weight is 264 g/mol. The maximum atomic E-state index is 11.4. The summed E-state index contributed by atoms with van der Waals surface area (Å²) in [6, 6.07) is 4.99. The summed E-state index contributed by atoms with van der Waals surface area (Å²) < 4.78 is 17.2. The summed E-state index contributed by atoms with van der Waals surface area (Å²) >= 11 is 3.28. The van der Waals surface area contributed by atoms with Crippen molar-refractivity contribution < 1.29 is 8.95 Å². The first-order valence-corrected chi connectivity index (χ1v) is 6.02. The first-order chi connectivity index (χ1) is 5.95. The molecule has 0 saturated carbocycles. The van der Waals surface area contributed by atoms with Crippen LogP contribution in [0.3, 0.4) is 0 Å². The van der Waals surface area contributed by atoms with E-state index in [4.69, 9.17) is 9.88 Å². The lowest BCUT2D eigenvalue weighted by molar-refractivity contribution is 0.411. The van der Waals surface area contributed by atoms with Gasteiger partial charge in [-0.05, 0) is 40.0 Å². The molecular formula is C8H10BrNO2S. The quantitative estimate of drug-likeness (QED) is 0.821. The lowest BCUT2D eigenvalue weighted by Crippen LogP contribution is -2.11. The third kappa shape index (κ3) is 2.46. The van der Waals surface area contributed by atoms with Crippen LogP contribution in [-0.4, -0.2) is 17.2 Å². The standard InChI is InChI=1S/C8H10BrNO2S/c1-12-8-5-6(13(2,10)11)3-4-7(8)9/h3-5H,2H2,1H3,(H2,10,11). The molecule has 0 aliphatic heterocycles. The van der Waals surface area contributed by atoms with Crippen LogP contribution in [0, 0.1) is 0 Å². The van der Waals surface area contributed by atoms with E-state index in [2.05, 4.69) is 21.8 Å². The van der Waals surface area contributed by atoms with Gasteiger partial charge in [-0.2, -0.15) is 0 Å². The van der Waals surface area contributed by atoms with E-state index < -0.39 is 9.71 Å². The van der Waals surface area contributed by atoms with Crippen LogP contribution in [0.5, 0.6) is 5.75 Å². The molecule has 0 radical (unpaired) electrons. The molecule has 0 bridgehead atoms. The lowest BCUT2D eigenvalue weighted by Gasteiger charge is -2.07. The van der Waals surface area contributed by atoms with Crippen molar-refractivity contribution in [3.8, 4) is 5.75 Å². The number of nitrogens with two attached hydrogens (primary N) is 1. The van der Waals surface area contributed by atoms with Crippen LogP contribution < -0.4 is 9.88 Å². The molecule has 1 rings (SSSR count). The van der Waals surface area contributed by atoms with Crippen LogP contribution in [0.15, 0.2) is 27.6 Å². The van der Waals surface area contributed by atoms with Crippen molar-refractivity contribution in [2.75, 3.05) is 7.11 Å². The highest BCUT2D eigenvalue weighted by Crippen LogP contribution is 2.26. The van der Waals surface area contributed by atoms with Gasteiger partial charge < -0.3 is 4.74 Å². The Labute approximate surface area is 86.2 Å². The third-order valence-corrected chi connectivity index (χ3v) is 3.23. The lowest BCUT2D eigenvalue weighted by atomic mass is 10.3. The molecule has 13 heavy (non-hydrogen) atoms. The molecule has 0 aliphatic rings. The summed E-state index contributed by atoms with van der Waals surface area (Å²) in [4.78, 5) is 0.479. The largest absolute Gasteiger partial charge is 0.496 e. The molecule has 1 aromatic rings. The fraction of sp³-hybridized carbons (Fsp3) is 0.125. The monoisotopic (exact) mass is 263 g/mol. The summed E-state index contributed by atoms with van der Waals surface area (Å²) in [5, 5.41) is 5.38. The molecule has 2 N–H and O–H groups in total. The minimum atomic E-state index is -2.65. The molecule has 0 amide bonds. The van der Waals surface area contributed by atoms with Gasteiger partial charge in [0.05, 0.1) is 21.3 Å². The van der Waals surface area contributed by atoms with Gasteiger partial charge in [0.1, 0.15) is 5.75 Å². The van der Waals surface area contributed by atoms with E-state index in [-0.39, 0.29) is 0 Å². The van der Waals surface area contributed by atoms with Crippen molar-refractivity contribution in [3.05, 3.63) is 22.7 Å². The van der Waals surface area contributed by atoms with Crippen LogP contribution in [-0.2, 0) is 9.71 Å². The molecule has 1 atom stereocenters. The Kier molecular flexibility index (Phi) is 3.00. The fourth-order valence-corrected chi connectivity index (χ4v) is 1.87. The summed E-state index contributed by atoms with van der Waals surface area (Å²) in [5.74, 6) is 3.98. The van der Waals surface area contributed by atoms with E-state index in [1.807, 2.05) is 0 Å². The molecule has 3 nitrogen and oxygen atoms in total. The van der Waals surface area contributed by atoms with Gasteiger partial charge in [-0.1, -0.05) is 0 Å². The van der Waals surface area contributed by atoms with Gasteiger partial charge in [0.15, 0.2) is 0 Å². The number of halogens is 1. The summed E-state index contributed by atoms with van der Waals surface area (Å²) in [7, 11) is -1.12. The highest BCUT2D eigenvalue weighted by Gasteiger charge is 2.05. The molecule has 1 unspecified atom stereocenters. The Balaban J connectivity index is 3.30. The number of hydrogen-bond donors (Lipinski definition) is 1. The molecule has 0 heterocycles. The predicted octanol–water partition coefficient (Wildman–Crippen LogP) is 1.41. The van der Waals surface area contributed by atoms with Crippen molar-refractivity contribution >= 4 is 31.5 Å². The molecule has 0 saturated heterocycles. The van der Waals surface area contributed by atoms with Crippen molar-refractivity contribution in [2.24, 2.45) is 5.14 Å². The maximum absolute atomic E-state index is 11.4. The van der Waals surface area contributed by atoms with E-state index in [9.17, 15) is 4.21 Å². The van der Waals surface area contributed by atoms with Gasteiger partial charge in [-0.3, -0.25) is 5.14 Å². The molecular weight excluding hydrogens is 254 g/mol. The molecule has 0 aromatic heterocycles. The van der Waals surface area contributed by atoms with Gasteiger partial charge >= 0.3 is 0 Å². The van der Waals surface area contributed by atoms with Gasteiger partial charge in [-0.25, -0.2) is 4.21 Å². The third-order valence-electron chi connectivity index (χ3n) is 1.52. The summed E-state index contributed by atoms with van der Waals surface area (Å²) in [6.45, 7) is 0. The molecule has 0 aliphatic carbocycles. The molecule has 0 spiro atoms. The van der Waals surface area contributed by atoms with E-state index in [0.717, 1.165) is 4.47 Å². The summed E-state index contributed by atoms with van der Waals surface area (Å²) in [5.41, 5.74) is 0. The van der Waals surface area contributed by atoms with Gasteiger partial charge in [0.2, 0.25) is 0 Å². The van der Waals surface area contributed by atoms with Crippen LogP contribution in [0.2, 0.25) is 0 Å². The van der Waals surface area contributed by atoms with Crippen LogP contribution >= 0.6 is 15.9 Å². The number of methoxy groups -OCH3 is 1. The Morgan fingerprint density at radius 2 is 2.23 bits per heavy atom. The number of benzene rings is 1. The predicted molar refractivity (Wildman–Crippen MR) is 58.4 cm³/mol. The van der Waals surface area contributed by atoms with Gasteiger partial charge in [-0.15, -0.1) is 0 Å². The second-order valence-corrected chi connectivity index (χ2v) is 5.30. The van der Waals surface area contributed by atoms with E-state index in [1.54, 1.807) is 18.2 Å². The Morgan fingerprint density at radius 1 is 1.62 bits per heavy atom. The number of hydrogen-bond acceptors (Lipinski definition) is 2. The zero-order valence-corrected chi connectivity index (χ0v) is 9.52. The first-order valence-electron chi connectivity index (χ1n) is 3.43. The minimum absolute atomic E-state index is 0.479.